The van der Waals surface area contributed by atoms with Crippen LogP contribution in [0.4, 0.5) is 11.4 Å². The van der Waals surface area contributed by atoms with Crippen LogP contribution in [0.5, 0.6) is 0 Å². The highest BCUT2D eigenvalue weighted by Crippen LogP contribution is 2.36. The minimum Gasteiger partial charge on any atom is -0.382 e. The van der Waals surface area contributed by atoms with Crippen molar-refractivity contribution >= 4 is 33.0 Å². The molecular formula is C18H27N3O4S2. The van der Waals surface area contributed by atoms with Gasteiger partial charge in [0.15, 0.2) is 9.84 Å². The lowest BCUT2D eigenvalue weighted by Gasteiger charge is -2.48. The van der Waals surface area contributed by atoms with Crippen LogP contribution >= 0.6 is 11.8 Å². The zero-order valence-electron chi connectivity index (χ0n) is 15.6. The first-order valence-corrected chi connectivity index (χ1v) is 12.4. The van der Waals surface area contributed by atoms with Crippen LogP contribution in [0.3, 0.4) is 0 Å². The average Bonchev–Trinajstić information content (AvgIpc) is 2.67. The number of nitro groups is 1. The summed E-state index contributed by atoms with van der Waals surface area (Å²) < 4.78 is 24.4. The quantitative estimate of drug-likeness (QED) is 0.565. The van der Waals surface area contributed by atoms with Crippen molar-refractivity contribution in [1.29, 1.82) is 0 Å². The molecule has 9 heteroatoms. The number of nitro benzene ring substituents is 1. The Balaban J connectivity index is 1.85. The van der Waals surface area contributed by atoms with Crippen LogP contribution in [0.2, 0.25) is 0 Å². The predicted molar refractivity (Wildman–Crippen MR) is 109 cm³/mol. The van der Waals surface area contributed by atoms with Crippen molar-refractivity contribution in [3.8, 4) is 0 Å². The first-order chi connectivity index (χ1) is 12.8. The van der Waals surface area contributed by atoms with Crippen LogP contribution in [-0.4, -0.2) is 61.2 Å². The molecule has 1 saturated carbocycles. The Morgan fingerprint density at radius 3 is 2.48 bits per heavy atom. The fourth-order valence-electron chi connectivity index (χ4n) is 4.19. The molecule has 27 heavy (non-hydrogen) atoms. The zero-order valence-corrected chi connectivity index (χ0v) is 17.3. The molecule has 0 unspecified atom stereocenters. The molecule has 0 amide bonds. The summed E-state index contributed by atoms with van der Waals surface area (Å²) in [5.41, 5.74) is 0.288. The highest BCUT2D eigenvalue weighted by atomic mass is 32.2. The number of hydrogen-bond donors (Lipinski definition) is 1. The van der Waals surface area contributed by atoms with Crippen molar-refractivity contribution in [2.24, 2.45) is 0 Å². The monoisotopic (exact) mass is 413 g/mol. The van der Waals surface area contributed by atoms with Crippen molar-refractivity contribution in [2.75, 3.05) is 42.7 Å². The smallest absolute Gasteiger partial charge is 0.270 e. The molecule has 0 aromatic heterocycles. The van der Waals surface area contributed by atoms with E-state index in [1.165, 1.54) is 31.4 Å². The molecule has 7 nitrogen and oxygen atoms in total. The van der Waals surface area contributed by atoms with Gasteiger partial charge in [0.25, 0.3) is 5.69 Å². The van der Waals surface area contributed by atoms with Crippen molar-refractivity contribution in [3.05, 3.63) is 28.3 Å². The van der Waals surface area contributed by atoms with Gasteiger partial charge < -0.3 is 5.32 Å². The predicted octanol–water partition coefficient (Wildman–Crippen LogP) is 3.16. The van der Waals surface area contributed by atoms with Crippen LogP contribution in [0, 0.1) is 10.1 Å². The molecule has 1 heterocycles. The number of thioether (sulfide) groups is 1. The molecule has 1 N–H and O–H groups in total. The molecular weight excluding hydrogens is 386 g/mol. The number of hydrogen-bond acceptors (Lipinski definition) is 7. The lowest BCUT2D eigenvalue weighted by molar-refractivity contribution is -0.385. The SMILES string of the molecule is CS(=O)(=O)c1cc([N+](=O)[O-])ccc1NCC1(N2CCSCC2)CCCCC1. The van der Waals surface area contributed by atoms with E-state index in [1.54, 1.807) is 0 Å². The molecule has 1 saturated heterocycles. The molecule has 0 bridgehead atoms. The van der Waals surface area contributed by atoms with Gasteiger partial charge >= 0.3 is 0 Å². The van der Waals surface area contributed by atoms with E-state index in [0.717, 1.165) is 49.8 Å². The third-order valence-corrected chi connectivity index (χ3v) is 7.73. The summed E-state index contributed by atoms with van der Waals surface area (Å²) in [6.45, 7) is 2.79. The third-order valence-electron chi connectivity index (χ3n) is 5.65. The minimum absolute atomic E-state index is 0.00291. The van der Waals surface area contributed by atoms with Crippen LogP contribution in [0.15, 0.2) is 23.1 Å². The summed E-state index contributed by atoms with van der Waals surface area (Å²) in [4.78, 5) is 13.0. The van der Waals surface area contributed by atoms with Gasteiger partial charge in [0, 0.05) is 55.1 Å². The summed E-state index contributed by atoms with van der Waals surface area (Å²) in [7, 11) is -3.57. The zero-order chi connectivity index (χ0) is 19.5. The third kappa shape index (κ3) is 4.75. The van der Waals surface area contributed by atoms with Gasteiger partial charge in [-0.2, -0.15) is 11.8 Å². The first-order valence-electron chi connectivity index (χ1n) is 9.37. The number of rotatable bonds is 6. The van der Waals surface area contributed by atoms with Gasteiger partial charge in [-0.1, -0.05) is 19.3 Å². The molecule has 0 radical (unpaired) electrons. The lowest BCUT2D eigenvalue weighted by atomic mass is 9.80. The Morgan fingerprint density at radius 1 is 1.22 bits per heavy atom. The van der Waals surface area contributed by atoms with E-state index >= 15 is 0 Å². The van der Waals surface area contributed by atoms with Crippen LogP contribution in [0.1, 0.15) is 32.1 Å². The Kier molecular flexibility index (Phi) is 6.32. The molecule has 2 fully saturated rings. The number of benzene rings is 1. The van der Waals surface area contributed by atoms with Crippen molar-refractivity contribution in [2.45, 2.75) is 42.5 Å². The number of anilines is 1. The number of nitrogens with zero attached hydrogens (tertiary/aromatic N) is 2. The molecule has 1 aliphatic heterocycles. The molecule has 0 atom stereocenters. The van der Waals surface area contributed by atoms with E-state index in [9.17, 15) is 18.5 Å². The Morgan fingerprint density at radius 2 is 1.89 bits per heavy atom. The summed E-state index contributed by atoms with van der Waals surface area (Å²) in [5.74, 6) is 2.27. The second-order valence-corrected chi connectivity index (χ2v) is 10.7. The molecule has 2 aliphatic rings. The maximum Gasteiger partial charge on any atom is 0.270 e. The normalized spacial score (nSPS) is 20.9. The maximum atomic E-state index is 12.2. The Hall–Kier alpha value is -1.32. The van der Waals surface area contributed by atoms with Gasteiger partial charge in [-0.05, 0) is 18.9 Å². The topological polar surface area (TPSA) is 92.5 Å². The largest absolute Gasteiger partial charge is 0.382 e. The second-order valence-electron chi connectivity index (χ2n) is 7.45. The van der Waals surface area contributed by atoms with E-state index < -0.39 is 14.8 Å². The summed E-state index contributed by atoms with van der Waals surface area (Å²) in [6, 6.07) is 4.04. The van der Waals surface area contributed by atoms with E-state index in [1.807, 2.05) is 11.8 Å². The van der Waals surface area contributed by atoms with E-state index in [0.29, 0.717) is 12.2 Å². The molecule has 0 spiro atoms. The summed E-state index contributed by atoms with van der Waals surface area (Å²) >= 11 is 1.98. The first kappa shape index (κ1) is 20.4. The van der Waals surface area contributed by atoms with Gasteiger partial charge in [0.2, 0.25) is 0 Å². The highest BCUT2D eigenvalue weighted by Gasteiger charge is 2.38. The van der Waals surface area contributed by atoms with Gasteiger partial charge in [-0.3, -0.25) is 15.0 Å². The van der Waals surface area contributed by atoms with Crippen LogP contribution in [0.25, 0.3) is 0 Å². The number of nitrogens with one attached hydrogen (secondary N) is 1. The molecule has 1 aromatic carbocycles. The standard InChI is InChI=1S/C18H27N3O4S2/c1-27(24,25)17-13-15(21(22)23)5-6-16(17)19-14-18(7-3-2-4-8-18)20-9-11-26-12-10-20/h5-6,13,19H,2-4,7-12,14H2,1H3. The Labute approximate surface area is 165 Å². The van der Waals surface area contributed by atoms with E-state index in [2.05, 4.69) is 10.2 Å². The fraction of sp³-hybridized carbons (Fsp3) is 0.667. The number of non-ortho nitro benzene ring substituents is 1. The van der Waals surface area contributed by atoms with Gasteiger partial charge in [0.1, 0.15) is 0 Å². The van der Waals surface area contributed by atoms with E-state index in [-0.39, 0.29) is 16.1 Å². The fourth-order valence-corrected chi connectivity index (χ4v) is 5.97. The van der Waals surface area contributed by atoms with Gasteiger partial charge in [-0.25, -0.2) is 8.42 Å². The lowest BCUT2D eigenvalue weighted by Crippen LogP contribution is -2.57. The average molecular weight is 414 g/mol. The van der Waals surface area contributed by atoms with Crippen LogP contribution < -0.4 is 5.32 Å². The second kappa shape index (κ2) is 8.36. The molecule has 3 rings (SSSR count). The van der Waals surface area contributed by atoms with Crippen molar-refractivity contribution in [1.82, 2.24) is 4.90 Å². The number of sulfone groups is 1. The van der Waals surface area contributed by atoms with E-state index in [4.69, 9.17) is 0 Å². The molecule has 1 aliphatic carbocycles. The molecule has 1 aromatic rings. The highest BCUT2D eigenvalue weighted by molar-refractivity contribution is 7.99. The van der Waals surface area contributed by atoms with Crippen molar-refractivity contribution < 1.29 is 13.3 Å². The van der Waals surface area contributed by atoms with Crippen LogP contribution in [-0.2, 0) is 9.84 Å². The maximum absolute atomic E-state index is 12.2. The summed E-state index contributed by atoms with van der Waals surface area (Å²) in [6.07, 6.45) is 6.92. The Bertz CT molecular complexity index is 786. The van der Waals surface area contributed by atoms with Gasteiger partial charge in [-0.15, -0.1) is 0 Å². The summed E-state index contributed by atoms with van der Waals surface area (Å²) in [5, 5.41) is 14.4. The molecule has 150 valence electrons. The van der Waals surface area contributed by atoms with Crippen molar-refractivity contribution in [3.63, 3.8) is 0 Å². The minimum atomic E-state index is -3.57. The van der Waals surface area contributed by atoms with Gasteiger partial charge in [0.05, 0.1) is 15.5 Å².